The van der Waals surface area contributed by atoms with Crippen LogP contribution in [-0.4, -0.2) is 50.9 Å². The van der Waals surface area contributed by atoms with E-state index in [1.165, 1.54) is 48.4 Å². The van der Waals surface area contributed by atoms with Gasteiger partial charge in [0, 0.05) is 12.6 Å². The zero-order valence-electron chi connectivity index (χ0n) is 23.4. The van der Waals surface area contributed by atoms with Gasteiger partial charge in [-0.2, -0.15) is 0 Å². The van der Waals surface area contributed by atoms with Crippen molar-refractivity contribution in [2.45, 2.75) is 57.6 Å². The van der Waals surface area contributed by atoms with E-state index in [9.17, 15) is 22.4 Å². The van der Waals surface area contributed by atoms with Gasteiger partial charge in [0.2, 0.25) is 11.8 Å². The molecule has 0 bridgehead atoms. The Balaban J connectivity index is 2.06. The van der Waals surface area contributed by atoms with Crippen LogP contribution in [0.4, 0.5) is 10.1 Å². The molecule has 40 heavy (non-hydrogen) atoms. The minimum absolute atomic E-state index is 0.00412. The van der Waals surface area contributed by atoms with Crippen LogP contribution in [0.25, 0.3) is 0 Å². The van der Waals surface area contributed by atoms with Crippen molar-refractivity contribution < 1.29 is 27.1 Å². The first-order valence-corrected chi connectivity index (χ1v) is 14.5. The monoisotopic (exact) mass is 569 g/mol. The first kappa shape index (κ1) is 30.6. The van der Waals surface area contributed by atoms with Crippen LogP contribution >= 0.6 is 0 Å². The molecule has 0 radical (unpaired) electrons. The highest BCUT2D eigenvalue weighted by Gasteiger charge is 2.34. The van der Waals surface area contributed by atoms with Gasteiger partial charge in [0.15, 0.2) is 0 Å². The number of methoxy groups -OCH3 is 1. The largest absolute Gasteiger partial charge is 0.495 e. The normalized spacial score (nSPS) is 12.8. The maximum Gasteiger partial charge on any atom is 0.264 e. The van der Waals surface area contributed by atoms with E-state index in [-0.39, 0.29) is 34.8 Å². The smallest absolute Gasteiger partial charge is 0.264 e. The molecule has 0 aromatic heterocycles. The molecule has 3 aromatic rings. The summed E-state index contributed by atoms with van der Waals surface area (Å²) in [6, 6.07) is 17.4. The predicted octanol–water partition coefficient (Wildman–Crippen LogP) is 4.67. The Hall–Kier alpha value is -3.92. The fourth-order valence-electron chi connectivity index (χ4n) is 4.02. The predicted molar refractivity (Wildman–Crippen MR) is 153 cm³/mol. The van der Waals surface area contributed by atoms with Gasteiger partial charge in [-0.05, 0) is 69.2 Å². The molecular formula is C30H36FN3O5S. The Kier molecular flexibility index (Phi) is 10.3. The van der Waals surface area contributed by atoms with E-state index in [2.05, 4.69) is 5.32 Å². The number of hydrogen-bond acceptors (Lipinski definition) is 5. The van der Waals surface area contributed by atoms with Crippen LogP contribution < -0.4 is 14.4 Å². The van der Waals surface area contributed by atoms with Crippen LogP contribution in [0.3, 0.4) is 0 Å². The van der Waals surface area contributed by atoms with E-state index in [1.807, 2.05) is 20.8 Å². The number of ether oxygens (including phenoxy) is 1. The van der Waals surface area contributed by atoms with Gasteiger partial charge in [0.25, 0.3) is 10.0 Å². The van der Waals surface area contributed by atoms with Crippen molar-refractivity contribution in [1.82, 2.24) is 10.2 Å². The van der Waals surface area contributed by atoms with Gasteiger partial charge in [-0.25, -0.2) is 12.8 Å². The molecular weight excluding hydrogens is 533 g/mol. The highest BCUT2D eigenvalue weighted by molar-refractivity contribution is 7.92. The molecule has 2 atom stereocenters. The lowest BCUT2D eigenvalue weighted by Crippen LogP contribution is -2.52. The molecule has 3 rings (SSSR count). The Labute approximate surface area is 235 Å². The van der Waals surface area contributed by atoms with Gasteiger partial charge >= 0.3 is 0 Å². The second-order valence-electron chi connectivity index (χ2n) is 9.64. The topological polar surface area (TPSA) is 96.0 Å². The number of amides is 2. The SMILES string of the molecule is CC[C@@H](C)NC(=O)[C@@H](C)N(Cc1ccc(F)cc1)C(=O)CN(c1ccccc1OC)S(=O)(=O)c1ccc(C)cc1. The second-order valence-corrected chi connectivity index (χ2v) is 11.5. The first-order valence-electron chi connectivity index (χ1n) is 13.0. The number of halogens is 1. The molecule has 0 saturated carbocycles. The number of carbonyl (C=O) groups is 2. The molecule has 0 aliphatic rings. The molecule has 8 nitrogen and oxygen atoms in total. The van der Waals surface area contributed by atoms with Crippen molar-refractivity contribution in [1.29, 1.82) is 0 Å². The van der Waals surface area contributed by atoms with Crippen molar-refractivity contribution in [2.75, 3.05) is 18.0 Å². The molecule has 0 fully saturated rings. The summed E-state index contributed by atoms with van der Waals surface area (Å²) < 4.78 is 47.9. The van der Waals surface area contributed by atoms with E-state index >= 15 is 0 Å². The summed E-state index contributed by atoms with van der Waals surface area (Å²) in [5.74, 6) is -1.16. The molecule has 0 spiro atoms. The Morgan fingerprint density at radius 1 is 0.975 bits per heavy atom. The lowest BCUT2D eigenvalue weighted by atomic mass is 10.1. The van der Waals surface area contributed by atoms with Crippen molar-refractivity contribution >= 4 is 27.5 Å². The number of nitrogens with one attached hydrogen (secondary N) is 1. The van der Waals surface area contributed by atoms with Gasteiger partial charge < -0.3 is 15.0 Å². The molecule has 0 saturated heterocycles. The number of aryl methyl sites for hydroxylation is 1. The lowest BCUT2D eigenvalue weighted by Gasteiger charge is -2.32. The van der Waals surface area contributed by atoms with Crippen molar-refractivity contribution in [3.05, 3.63) is 89.7 Å². The summed E-state index contributed by atoms with van der Waals surface area (Å²) in [6.45, 7) is 6.59. The number of anilines is 1. The number of nitrogens with zero attached hydrogens (tertiary/aromatic N) is 2. The van der Waals surface area contributed by atoms with Crippen molar-refractivity contribution in [3.63, 3.8) is 0 Å². The standard InChI is InChI=1S/C30H36FN3O5S/c1-6-22(3)32-30(36)23(4)33(19-24-13-15-25(31)16-14-24)29(35)20-34(27-9-7-8-10-28(27)39-5)40(37,38)26-17-11-21(2)12-18-26/h7-18,22-23H,6,19-20H2,1-5H3,(H,32,36)/t22-,23-/m1/s1. The van der Waals surface area contributed by atoms with E-state index in [0.29, 0.717) is 12.0 Å². The minimum Gasteiger partial charge on any atom is -0.495 e. The quantitative estimate of drug-likeness (QED) is 0.342. The summed E-state index contributed by atoms with van der Waals surface area (Å²) in [6.07, 6.45) is 0.695. The Morgan fingerprint density at radius 2 is 1.60 bits per heavy atom. The fraction of sp³-hybridized carbons (Fsp3) is 0.333. The maximum absolute atomic E-state index is 14.0. The van der Waals surface area contributed by atoms with E-state index < -0.39 is 34.3 Å². The van der Waals surface area contributed by atoms with Crippen LogP contribution in [0.2, 0.25) is 0 Å². The number of benzene rings is 3. The van der Waals surface area contributed by atoms with E-state index in [4.69, 9.17) is 4.74 Å². The van der Waals surface area contributed by atoms with Crippen LogP contribution in [0, 0.1) is 12.7 Å². The molecule has 0 aliphatic carbocycles. The zero-order valence-corrected chi connectivity index (χ0v) is 24.2. The van der Waals surface area contributed by atoms with Crippen LogP contribution in [0.5, 0.6) is 5.75 Å². The Morgan fingerprint density at radius 3 is 2.20 bits per heavy atom. The molecule has 214 valence electrons. The molecule has 1 N–H and O–H groups in total. The number of para-hydroxylation sites is 2. The third kappa shape index (κ3) is 7.38. The minimum atomic E-state index is -4.22. The molecule has 0 aliphatic heterocycles. The first-order chi connectivity index (χ1) is 19.0. The number of rotatable bonds is 12. The van der Waals surface area contributed by atoms with Crippen molar-refractivity contribution in [3.8, 4) is 5.75 Å². The van der Waals surface area contributed by atoms with E-state index in [1.54, 1.807) is 43.3 Å². The highest BCUT2D eigenvalue weighted by atomic mass is 32.2. The number of hydrogen-bond donors (Lipinski definition) is 1. The summed E-state index contributed by atoms with van der Waals surface area (Å²) in [4.78, 5) is 28.4. The molecule has 2 amide bonds. The van der Waals surface area contributed by atoms with Crippen LogP contribution in [-0.2, 0) is 26.2 Å². The number of carbonyl (C=O) groups excluding carboxylic acids is 2. The molecule has 0 heterocycles. The third-order valence-electron chi connectivity index (χ3n) is 6.68. The second kappa shape index (κ2) is 13.4. The van der Waals surface area contributed by atoms with Gasteiger partial charge in [-0.3, -0.25) is 13.9 Å². The summed E-state index contributed by atoms with van der Waals surface area (Å²) >= 11 is 0. The highest BCUT2D eigenvalue weighted by Crippen LogP contribution is 2.32. The van der Waals surface area contributed by atoms with Gasteiger partial charge in [-0.15, -0.1) is 0 Å². The van der Waals surface area contributed by atoms with E-state index in [0.717, 1.165) is 9.87 Å². The van der Waals surface area contributed by atoms with Crippen LogP contribution in [0.1, 0.15) is 38.3 Å². The van der Waals surface area contributed by atoms with Gasteiger partial charge in [-0.1, -0.05) is 48.9 Å². The average molecular weight is 570 g/mol. The van der Waals surface area contributed by atoms with Crippen molar-refractivity contribution in [2.24, 2.45) is 0 Å². The van der Waals surface area contributed by atoms with Crippen LogP contribution in [0.15, 0.2) is 77.7 Å². The summed E-state index contributed by atoms with van der Waals surface area (Å²) in [5, 5.41) is 2.88. The zero-order chi connectivity index (χ0) is 29.4. The van der Waals surface area contributed by atoms with Gasteiger partial charge in [0.05, 0.1) is 17.7 Å². The summed E-state index contributed by atoms with van der Waals surface area (Å²) in [7, 11) is -2.81. The Bertz CT molecular complexity index is 1410. The summed E-state index contributed by atoms with van der Waals surface area (Å²) in [5.41, 5.74) is 1.64. The maximum atomic E-state index is 14.0. The number of sulfonamides is 1. The molecule has 3 aromatic carbocycles. The lowest BCUT2D eigenvalue weighted by molar-refractivity contribution is -0.139. The fourth-order valence-corrected chi connectivity index (χ4v) is 5.45. The van der Waals surface area contributed by atoms with Gasteiger partial charge in [0.1, 0.15) is 24.2 Å². The molecule has 0 unspecified atom stereocenters. The third-order valence-corrected chi connectivity index (χ3v) is 8.45. The molecule has 10 heteroatoms. The average Bonchev–Trinajstić information content (AvgIpc) is 2.95.